The molecule has 29 heavy (non-hydrogen) atoms. The topological polar surface area (TPSA) is 78.5 Å². The first kappa shape index (κ1) is 20.7. The fraction of sp³-hybridized carbons (Fsp3) is 0.682. The lowest BCUT2D eigenvalue weighted by Crippen LogP contribution is -2.41. The van der Waals surface area contributed by atoms with Gasteiger partial charge in [-0.2, -0.15) is 0 Å². The van der Waals surface area contributed by atoms with E-state index in [9.17, 15) is 13.2 Å². The van der Waals surface area contributed by atoms with E-state index in [1.807, 2.05) is 0 Å². The molecule has 1 atom stereocenters. The van der Waals surface area contributed by atoms with E-state index in [4.69, 9.17) is 0 Å². The van der Waals surface area contributed by atoms with Crippen LogP contribution in [0.15, 0.2) is 6.07 Å². The molecule has 0 aromatic heterocycles. The number of likely N-dealkylation sites (tertiary alicyclic amines) is 1. The van der Waals surface area contributed by atoms with Crippen LogP contribution in [0.4, 0.5) is 10.5 Å². The van der Waals surface area contributed by atoms with Crippen LogP contribution in [0.2, 0.25) is 0 Å². The maximum atomic E-state index is 12.6. The lowest BCUT2D eigenvalue weighted by molar-refractivity contribution is 0.170. The fourth-order valence-electron chi connectivity index (χ4n) is 5.17. The highest BCUT2D eigenvalue weighted by Crippen LogP contribution is 2.38. The summed E-state index contributed by atoms with van der Waals surface area (Å²) in [5.74, 6) is -0.0247. The lowest BCUT2D eigenvalue weighted by atomic mass is 9.99. The minimum absolute atomic E-state index is 0.0247. The van der Waals surface area contributed by atoms with E-state index in [1.54, 1.807) is 0 Å². The van der Waals surface area contributed by atoms with Crippen LogP contribution in [0.1, 0.15) is 67.7 Å². The monoisotopic (exact) mass is 419 g/mol. The fourth-order valence-corrected chi connectivity index (χ4v) is 6.25. The first-order chi connectivity index (χ1) is 13.9. The summed E-state index contributed by atoms with van der Waals surface area (Å²) in [7, 11) is -3.65. The summed E-state index contributed by atoms with van der Waals surface area (Å²) in [6.07, 6.45) is 10.4. The highest BCUT2D eigenvalue weighted by Gasteiger charge is 2.26. The Morgan fingerprint density at radius 3 is 2.24 bits per heavy atom. The molecule has 6 nitrogen and oxygen atoms in total. The van der Waals surface area contributed by atoms with Gasteiger partial charge in [0.2, 0.25) is 10.0 Å². The van der Waals surface area contributed by atoms with Crippen LogP contribution in [0.25, 0.3) is 0 Å². The molecule has 2 N–H and O–H groups in total. The number of rotatable bonds is 6. The van der Waals surface area contributed by atoms with Crippen molar-refractivity contribution in [3.05, 3.63) is 28.3 Å². The number of hydrogen-bond donors (Lipinski definition) is 2. The third kappa shape index (κ3) is 4.77. The highest BCUT2D eigenvalue weighted by molar-refractivity contribution is 7.90. The van der Waals surface area contributed by atoms with Gasteiger partial charge in [0.1, 0.15) is 0 Å². The van der Waals surface area contributed by atoms with Gasteiger partial charge in [0.05, 0.1) is 5.75 Å². The zero-order valence-corrected chi connectivity index (χ0v) is 18.2. The van der Waals surface area contributed by atoms with Gasteiger partial charge in [-0.3, -0.25) is 0 Å². The Kier molecular flexibility index (Phi) is 6.16. The van der Waals surface area contributed by atoms with Gasteiger partial charge in [0, 0.05) is 11.7 Å². The molecule has 1 aliphatic heterocycles. The maximum absolute atomic E-state index is 12.6. The first-order valence-electron chi connectivity index (χ1n) is 11.1. The molecular weight excluding hydrogens is 386 g/mol. The van der Waals surface area contributed by atoms with Gasteiger partial charge in [-0.05, 0) is 100 Å². The molecule has 1 aromatic carbocycles. The predicted molar refractivity (Wildman–Crippen MR) is 116 cm³/mol. The summed E-state index contributed by atoms with van der Waals surface area (Å²) in [4.78, 5) is 14.9. The van der Waals surface area contributed by atoms with Gasteiger partial charge in [0.25, 0.3) is 0 Å². The van der Waals surface area contributed by atoms with Crippen LogP contribution in [-0.4, -0.2) is 44.2 Å². The summed E-state index contributed by atoms with van der Waals surface area (Å²) in [5, 5.41) is 2.91. The number of aryl methyl sites for hydroxylation is 2. The molecule has 1 aromatic rings. The predicted octanol–water partition coefficient (Wildman–Crippen LogP) is 3.38. The quantitative estimate of drug-likeness (QED) is 0.741. The lowest BCUT2D eigenvalue weighted by Gasteiger charge is -2.32. The van der Waals surface area contributed by atoms with Crippen molar-refractivity contribution in [1.82, 2.24) is 9.62 Å². The number of anilines is 1. The number of fused-ring (bicyclic) bond motifs is 2. The number of benzene rings is 1. The van der Waals surface area contributed by atoms with Crippen molar-refractivity contribution in [2.24, 2.45) is 0 Å². The van der Waals surface area contributed by atoms with Crippen molar-refractivity contribution in [2.75, 3.05) is 24.2 Å². The Balaban J connectivity index is 1.37. The number of piperidine rings is 1. The minimum atomic E-state index is -3.65. The van der Waals surface area contributed by atoms with E-state index in [1.165, 1.54) is 41.5 Å². The summed E-state index contributed by atoms with van der Waals surface area (Å²) in [6, 6.07) is 1.90. The van der Waals surface area contributed by atoms with Crippen LogP contribution in [0.5, 0.6) is 0 Å². The van der Waals surface area contributed by atoms with Gasteiger partial charge in [-0.25, -0.2) is 17.9 Å². The Labute approximate surface area is 174 Å². The summed E-state index contributed by atoms with van der Waals surface area (Å²) in [6.45, 7) is 4.16. The molecule has 160 valence electrons. The number of nitrogens with one attached hydrogen (secondary N) is 2. The van der Waals surface area contributed by atoms with Crippen LogP contribution >= 0.6 is 0 Å². The molecule has 4 rings (SSSR count). The molecule has 7 heteroatoms. The second kappa shape index (κ2) is 8.64. The number of hydrogen-bond acceptors (Lipinski definition) is 4. The van der Waals surface area contributed by atoms with Crippen molar-refractivity contribution in [3.63, 3.8) is 0 Å². The molecule has 3 aliphatic rings. The minimum Gasteiger partial charge on any atom is -0.307 e. The molecule has 1 fully saturated rings. The Morgan fingerprint density at radius 1 is 1.00 bits per heavy atom. The number of nitrogens with zero attached hydrogens (tertiary/aromatic N) is 1. The van der Waals surface area contributed by atoms with Gasteiger partial charge >= 0.3 is 6.03 Å². The number of carbonyl (C=O) groups is 1. The average Bonchev–Trinajstić information content (AvgIpc) is 3.35. The average molecular weight is 420 g/mol. The third-order valence-electron chi connectivity index (χ3n) is 6.78. The van der Waals surface area contributed by atoms with Gasteiger partial charge in [0.15, 0.2) is 0 Å². The smallest absolute Gasteiger partial charge is 0.307 e. The second-order valence-corrected chi connectivity index (χ2v) is 10.7. The Morgan fingerprint density at radius 2 is 1.62 bits per heavy atom. The normalized spacial score (nSPS) is 20.2. The van der Waals surface area contributed by atoms with Crippen molar-refractivity contribution in [1.29, 1.82) is 0 Å². The molecule has 0 saturated carbocycles. The number of sulfonamides is 1. The van der Waals surface area contributed by atoms with Gasteiger partial charge in [-0.15, -0.1) is 0 Å². The zero-order chi connectivity index (χ0) is 20.4. The van der Waals surface area contributed by atoms with E-state index in [-0.39, 0.29) is 11.8 Å². The van der Waals surface area contributed by atoms with E-state index >= 15 is 0 Å². The molecule has 1 saturated heterocycles. The number of urea groups is 1. The highest BCUT2D eigenvalue weighted by atomic mass is 32.2. The molecule has 2 aliphatic carbocycles. The van der Waals surface area contributed by atoms with Crippen molar-refractivity contribution in [3.8, 4) is 0 Å². The van der Waals surface area contributed by atoms with Crippen LogP contribution in [0.3, 0.4) is 0 Å². The summed E-state index contributed by atoms with van der Waals surface area (Å²) < 4.78 is 27.2. The first-order valence-corrected chi connectivity index (χ1v) is 12.8. The molecule has 1 heterocycles. The van der Waals surface area contributed by atoms with E-state index < -0.39 is 16.1 Å². The molecule has 0 bridgehead atoms. The van der Waals surface area contributed by atoms with Crippen LogP contribution in [0, 0.1) is 0 Å². The summed E-state index contributed by atoms with van der Waals surface area (Å²) >= 11 is 0. The molecule has 0 spiro atoms. The third-order valence-corrected chi connectivity index (χ3v) is 8.05. The molecule has 2 amide bonds. The summed E-state index contributed by atoms with van der Waals surface area (Å²) in [5.41, 5.74) is 5.93. The number of amides is 2. The Bertz CT molecular complexity index is 844. The van der Waals surface area contributed by atoms with E-state index in [0.29, 0.717) is 6.42 Å². The SMILES string of the molecule is CC(CCS(=O)(=O)NC(=O)Nc1c2c(cc3c1CCC3)CCC2)N1CCCCC1. The van der Waals surface area contributed by atoms with Gasteiger partial charge in [-0.1, -0.05) is 12.5 Å². The van der Waals surface area contributed by atoms with Crippen molar-refractivity contribution < 1.29 is 13.2 Å². The van der Waals surface area contributed by atoms with Gasteiger partial charge < -0.3 is 10.2 Å². The van der Waals surface area contributed by atoms with Crippen molar-refractivity contribution in [2.45, 2.75) is 77.2 Å². The Hall–Kier alpha value is -1.60. The largest absolute Gasteiger partial charge is 0.332 e. The standard InChI is InChI=1S/C22H33N3O3S/c1-16(25-12-3-2-4-13-25)11-14-29(27,28)24-22(26)23-21-19-9-5-7-17(19)15-18-8-6-10-20(18)21/h15-16H,2-14H2,1H3,(H2,23,24,26). The second-order valence-electron chi connectivity index (χ2n) is 8.84. The molecule has 0 radical (unpaired) electrons. The molecule has 1 unspecified atom stereocenters. The zero-order valence-electron chi connectivity index (χ0n) is 17.4. The molecular formula is C22H33N3O3S. The van der Waals surface area contributed by atoms with E-state index in [0.717, 1.165) is 57.3 Å². The van der Waals surface area contributed by atoms with E-state index in [2.05, 4.69) is 27.9 Å². The number of carbonyl (C=O) groups excluding carboxylic acids is 1. The van der Waals surface area contributed by atoms with Crippen molar-refractivity contribution >= 4 is 21.7 Å². The maximum Gasteiger partial charge on any atom is 0.332 e. The van der Waals surface area contributed by atoms with Crippen LogP contribution < -0.4 is 10.0 Å². The van der Waals surface area contributed by atoms with Crippen LogP contribution in [-0.2, 0) is 35.7 Å².